The molecule has 5 heteroatoms. The standard InChI is InChI=1S/C12H14N2O3/c15-10-5-8-9(7-14-3-1-2-4-14)13-17-12(8)6-11(10)16/h5-6,15-16H,1-4,7H2. The van der Waals surface area contributed by atoms with E-state index in [9.17, 15) is 10.2 Å². The SMILES string of the molecule is Oc1cc2onc(CN3CCCC3)c2cc1O. The first-order valence-electron chi connectivity index (χ1n) is 5.76. The fourth-order valence-electron chi connectivity index (χ4n) is 2.28. The molecule has 0 radical (unpaired) electrons. The Balaban J connectivity index is 1.96. The zero-order chi connectivity index (χ0) is 11.8. The second-order valence-electron chi connectivity index (χ2n) is 4.45. The molecule has 90 valence electrons. The summed E-state index contributed by atoms with van der Waals surface area (Å²) >= 11 is 0. The molecule has 0 unspecified atom stereocenters. The molecule has 1 aliphatic heterocycles. The molecule has 0 amide bonds. The summed E-state index contributed by atoms with van der Waals surface area (Å²) in [7, 11) is 0. The average molecular weight is 234 g/mol. The van der Waals surface area contributed by atoms with Crippen LogP contribution < -0.4 is 0 Å². The van der Waals surface area contributed by atoms with Gasteiger partial charge < -0.3 is 14.7 Å². The van der Waals surface area contributed by atoms with Crippen LogP contribution in [0.25, 0.3) is 11.0 Å². The molecule has 1 aromatic carbocycles. The fourth-order valence-corrected chi connectivity index (χ4v) is 2.28. The first-order chi connectivity index (χ1) is 8.24. The highest BCUT2D eigenvalue weighted by Crippen LogP contribution is 2.32. The van der Waals surface area contributed by atoms with Crippen LogP contribution in [0.1, 0.15) is 18.5 Å². The van der Waals surface area contributed by atoms with Crippen molar-refractivity contribution in [1.82, 2.24) is 10.1 Å². The van der Waals surface area contributed by atoms with Crippen molar-refractivity contribution in [2.75, 3.05) is 13.1 Å². The minimum absolute atomic E-state index is 0.136. The van der Waals surface area contributed by atoms with Crippen molar-refractivity contribution in [3.63, 3.8) is 0 Å². The van der Waals surface area contributed by atoms with Gasteiger partial charge in [-0.2, -0.15) is 0 Å². The number of hydrogen-bond donors (Lipinski definition) is 2. The molecule has 5 nitrogen and oxygen atoms in total. The molecule has 2 heterocycles. The van der Waals surface area contributed by atoms with Crippen molar-refractivity contribution in [3.8, 4) is 11.5 Å². The highest BCUT2D eigenvalue weighted by Gasteiger charge is 2.17. The molecule has 0 atom stereocenters. The summed E-state index contributed by atoms with van der Waals surface area (Å²) in [6.07, 6.45) is 2.45. The Kier molecular flexibility index (Phi) is 2.40. The fraction of sp³-hybridized carbons (Fsp3) is 0.417. The lowest BCUT2D eigenvalue weighted by Crippen LogP contribution is -2.18. The molecule has 1 aliphatic rings. The Morgan fingerprint density at radius 2 is 1.88 bits per heavy atom. The molecule has 2 aromatic rings. The summed E-state index contributed by atoms with van der Waals surface area (Å²) < 4.78 is 5.15. The molecule has 1 aromatic heterocycles. The number of rotatable bonds is 2. The largest absolute Gasteiger partial charge is 0.504 e. The van der Waals surface area contributed by atoms with E-state index in [1.165, 1.54) is 25.0 Å². The Morgan fingerprint density at radius 1 is 1.18 bits per heavy atom. The predicted octanol–water partition coefficient (Wildman–Crippen LogP) is 1.83. The Hall–Kier alpha value is -1.75. The summed E-state index contributed by atoms with van der Waals surface area (Å²) in [6, 6.07) is 2.90. The lowest BCUT2D eigenvalue weighted by molar-refractivity contribution is 0.317. The second-order valence-corrected chi connectivity index (χ2v) is 4.45. The highest BCUT2D eigenvalue weighted by atomic mass is 16.5. The molecule has 1 saturated heterocycles. The number of aromatic nitrogens is 1. The average Bonchev–Trinajstić information content (AvgIpc) is 2.92. The first kappa shape index (κ1) is 10.4. The third-order valence-corrected chi connectivity index (χ3v) is 3.21. The number of nitrogens with zero attached hydrogens (tertiary/aromatic N) is 2. The molecular weight excluding hydrogens is 220 g/mol. The van der Waals surface area contributed by atoms with E-state index in [1.807, 2.05) is 0 Å². The number of benzene rings is 1. The normalized spacial score (nSPS) is 16.9. The minimum Gasteiger partial charge on any atom is -0.504 e. The van der Waals surface area contributed by atoms with E-state index in [0.29, 0.717) is 5.58 Å². The Morgan fingerprint density at radius 3 is 2.65 bits per heavy atom. The number of hydrogen-bond acceptors (Lipinski definition) is 5. The van der Waals surface area contributed by atoms with Gasteiger partial charge in [-0.1, -0.05) is 5.16 Å². The van der Waals surface area contributed by atoms with Crippen LogP contribution in [0.4, 0.5) is 0 Å². The van der Waals surface area contributed by atoms with Crippen molar-refractivity contribution in [3.05, 3.63) is 17.8 Å². The topological polar surface area (TPSA) is 69.7 Å². The third-order valence-electron chi connectivity index (χ3n) is 3.21. The van der Waals surface area contributed by atoms with Crippen molar-refractivity contribution >= 4 is 11.0 Å². The van der Waals surface area contributed by atoms with Gasteiger partial charge in [-0.3, -0.25) is 4.90 Å². The number of likely N-dealkylation sites (tertiary alicyclic amines) is 1. The quantitative estimate of drug-likeness (QED) is 0.776. The Labute approximate surface area is 98.2 Å². The zero-order valence-electron chi connectivity index (χ0n) is 9.39. The van der Waals surface area contributed by atoms with E-state index in [-0.39, 0.29) is 11.5 Å². The van der Waals surface area contributed by atoms with Crippen molar-refractivity contribution < 1.29 is 14.7 Å². The van der Waals surface area contributed by atoms with Crippen molar-refractivity contribution in [2.45, 2.75) is 19.4 Å². The van der Waals surface area contributed by atoms with Gasteiger partial charge in [0, 0.05) is 12.6 Å². The maximum Gasteiger partial charge on any atom is 0.171 e. The van der Waals surface area contributed by atoms with Gasteiger partial charge in [0.2, 0.25) is 0 Å². The summed E-state index contributed by atoms with van der Waals surface area (Å²) in [5.74, 6) is -0.315. The number of aromatic hydroxyl groups is 2. The molecular formula is C12H14N2O3. The van der Waals surface area contributed by atoms with Gasteiger partial charge in [0.05, 0.1) is 5.39 Å². The van der Waals surface area contributed by atoms with Gasteiger partial charge in [0.25, 0.3) is 0 Å². The van der Waals surface area contributed by atoms with Crippen LogP contribution in [-0.2, 0) is 6.54 Å². The van der Waals surface area contributed by atoms with Crippen LogP contribution >= 0.6 is 0 Å². The molecule has 0 spiro atoms. The van der Waals surface area contributed by atoms with Crippen LogP contribution in [0, 0.1) is 0 Å². The van der Waals surface area contributed by atoms with Crippen molar-refractivity contribution in [1.29, 1.82) is 0 Å². The summed E-state index contributed by atoms with van der Waals surface area (Å²) in [5, 5.41) is 23.6. The molecule has 1 fully saturated rings. The van der Waals surface area contributed by atoms with Crippen LogP contribution in [0.5, 0.6) is 11.5 Å². The summed E-state index contributed by atoms with van der Waals surface area (Å²) in [5.41, 5.74) is 1.33. The lowest BCUT2D eigenvalue weighted by Gasteiger charge is -2.11. The molecule has 0 bridgehead atoms. The smallest absolute Gasteiger partial charge is 0.171 e. The minimum atomic E-state index is -0.179. The van der Waals surface area contributed by atoms with E-state index in [2.05, 4.69) is 10.1 Å². The molecule has 0 aliphatic carbocycles. The number of fused-ring (bicyclic) bond motifs is 1. The van der Waals surface area contributed by atoms with Crippen LogP contribution in [0.3, 0.4) is 0 Å². The van der Waals surface area contributed by atoms with Gasteiger partial charge in [0.1, 0.15) is 5.69 Å². The molecule has 0 saturated carbocycles. The molecule has 17 heavy (non-hydrogen) atoms. The summed E-state index contributed by atoms with van der Waals surface area (Å²) in [6.45, 7) is 2.90. The van der Waals surface area contributed by atoms with E-state index in [0.717, 1.165) is 30.7 Å². The van der Waals surface area contributed by atoms with E-state index in [4.69, 9.17) is 4.52 Å². The van der Waals surface area contributed by atoms with E-state index in [1.54, 1.807) is 0 Å². The number of phenols is 2. The molecule has 3 rings (SSSR count). The maximum absolute atomic E-state index is 9.49. The van der Waals surface area contributed by atoms with Gasteiger partial charge >= 0.3 is 0 Å². The van der Waals surface area contributed by atoms with Crippen LogP contribution in [0.15, 0.2) is 16.7 Å². The lowest BCUT2D eigenvalue weighted by atomic mass is 10.2. The third kappa shape index (κ3) is 1.82. The Bertz CT molecular complexity index is 544. The first-order valence-corrected chi connectivity index (χ1v) is 5.76. The van der Waals surface area contributed by atoms with Gasteiger partial charge in [-0.15, -0.1) is 0 Å². The van der Waals surface area contributed by atoms with Gasteiger partial charge in [0.15, 0.2) is 17.1 Å². The second kappa shape index (κ2) is 3.92. The molecule has 2 N–H and O–H groups in total. The number of phenolic OH excluding ortho intramolecular Hbond substituents is 2. The van der Waals surface area contributed by atoms with Gasteiger partial charge in [-0.05, 0) is 32.0 Å². The maximum atomic E-state index is 9.49. The van der Waals surface area contributed by atoms with E-state index < -0.39 is 0 Å². The van der Waals surface area contributed by atoms with Crippen molar-refractivity contribution in [2.24, 2.45) is 0 Å². The summed E-state index contributed by atoms with van der Waals surface area (Å²) in [4.78, 5) is 2.31. The monoisotopic (exact) mass is 234 g/mol. The predicted molar refractivity (Wildman–Crippen MR) is 61.8 cm³/mol. The zero-order valence-corrected chi connectivity index (χ0v) is 9.39. The van der Waals surface area contributed by atoms with Crippen LogP contribution in [-0.4, -0.2) is 33.4 Å². The highest BCUT2D eigenvalue weighted by molar-refractivity contribution is 5.83. The van der Waals surface area contributed by atoms with Crippen LogP contribution in [0.2, 0.25) is 0 Å². The van der Waals surface area contributed by atoms with Gasteiger partial charge in [-0.25, -0.2) is 0 Å². The van der Waals surface area contributed by atoms with E-state index >= 15 is 0 Å².